The lowest BCUT2D eigenvalue weighted by molar-refractivity contribution is -0.128. The standard InChI is InChI=1S/C29H36N4O5/c1-18-10-11-19(2)30-25(18)33(22-9-8-16-32(17-22)27(36)37-28(3,4)5)26(35)21-14-12-20(13-15-21)23-24(34)29(6,7)38-31-23/h10-15,22H,8-9,16-17H2,1-7H3/t22-/m1/s1. The molecule has 2 aliphatic heterocycles. The van der Waals surface area contributed by atoms with E-state index in [1.165, 1.54) is 0 Å². The number of hydrogen-bond donors (Lipinski definition) is 0. The Morgan fingerprint density at radius 3 is 2.39 bits per heavy atom. The van der Waals surface area contributed by atoms with Crippen molar-refractivity contribution in [3.63, 3.8) is 0 Å². The monoisotopic (exact) mass is 520 g/mol. The molecule has 0 aliphatic carbocycles. The van der Waals surface area contributed by atoms with E-state index in [-0.39, 0.29) is 29.5 Å². The summed E-state index contributed by atoms with van der Waals surface area (Å²) in [7, 11) is 0. The largest absolute Gasteiger partial charge is 0.444 e. The molecule has 2 aromatic rings. The van der Waals surface area contributed by atoms with Crippen LogP contribution in [-0.2, 0) is 14.4 Å². The van der Waals surface area contributed by atoms with E-state index in [2.05, 4.69) is 5.16 Å². The maximum atomic E-state index is 14.0. The minimum atomic E-state index is -1.00. The normalized spacial score (nSPS) is 19.0. The summed E-state index contributed by atoms with van der Waals surface area (Å²) >= 11 is 0. The van der Waals surface area contributed by atoms with Crippen molar-refractivity contribution in [1.82, 2.24) is 9.88 Å². The molecule has 9 nitrogen and oxygen atoms in total. The number of likely N-dealkylation sites (tertiary alicyclic amines) is 1. The summed E-state index contributed by atoms with van der Waals surface area (Å²) in [5.41, 5.74) is 1.30. The van der Waals surface area contributed by atoms with Gasteiger partial charge in [-0.05, 0) is 85.1 Å². The van der Waals surface area contributed by atoms with E-state index in [0.29, 0.717) is 30.0 Å². The third kappa shape index (κ3) is 5.71. The second kappa shape index (κ2) is 10.2. The number of piperidine rings is 1. The number of pyridine rings is 1. The van der Waals surface area contributed by atoms with Gasteiger partial charge in [0.05, 0.1) is 6.04 Å². The molecule has 2 amide bonds. The van der Waals surface area contributed by atoms with Gasteiger partial charge in [0.2, 0.25) is 5.78 Å². The Hall–Kier alpha value is -3.75. The summed E-state index contributed by atoms with van der Waals surface area (Å²) in [5.74, 6) is 0.132. The number of amides is 2. The van der Waals surface area contributed by atoms with Crippen molar-refractivity contribution < 1.29 is 24.0 Å². The van der Waals surface area contributed by atoms with E-state index in [4.69, 9.17) is 14.6 Å². The van der Waals surface area contributed by atoms with Gasteiger partial charge >= 0.3 is 6.09 Å². The zero-order chi connectivity index (χ0) is 27.8. The first kappa shape index (κ1) is 27.3. The third-order valence-electron chi connectivity index (χ3n) is 6.60. The maximum absolute atomic E-state index is 14.0. The SMILES string of the molecule is Cc1ccc(C)c(N(C(=O)c2ccc(C3=NOC(C)(C)C3=O)cc2)[C@@H]2CCCN(C(=O)OC(C)(C)C)C2)n1. The highest BCUT2D eigenvalue weighted by Crippen LogP contribution is 2.29. The highest BCUT2D eigenvalue weighted by molar-refractivity contribution is 6.49. The number of aryl methyl sites for hydroxylation is 2. The van der Waals surface area contributed by atoms with Crippen LogP contribution in [0.4, 0.5) is 10.6 Å². The summed E-state index contributed by atoms with van der Waals surface area (Å²) in [5, 5.41) is 3.95. The molecule has 1 aromatic heterocycles. The summed E-state index contributed by atoms with van der Waals surface area (Å²) in [6.45, 7) is 13.6. The fourth-order valence-electron chi connectivity index (χ4n) is 4.57. The molecule has 0 N–H and O–H groups in total. The molecule has 4 rings (SSSR count). The fraction of sp³-hybridized carbons (Fsp3) is 0.483. The average Bonchev–Trinajstić information content (AvgIpc) is 3.13. The Bertz CT molecular complexity index is 1280. The van der Waals surface area contributed by atoms with Crippen LogP contribution in [0.3, 0.4) is 0 Å². The number of anilines is 1. The zero-order valence-corrected chi connectivity index (χ0v) is 23.2. The van der Waals surface area contributed by atoms with Gasteiger partial charge in [-0.1, -0.05) is 23.4 Å². The van der Waals surface area contributed by atoms with E-state index in [1.54, 1.807) is 47.9 Å². The van der Waals surface area contributed by atoms with Crippen molar-refractivity contribution in [2.24, 2.45) is 5.16 Å². The molecule has 202 valence electrons. The molecule has 3 heterocycles. The van der Waals surface area contributed by atoms with Gasteiger partial charge in [-0.2, -0.15) is 0 Å². The average molecular weight is 521 g/mol. The van der Waals surface area contributed by atoms with Crippen LogP contribution < -0.4 is 4.90 Å². The van der Waals surface area contributed by atoms with E-state index in [1.807, 2.05) is 46.8 Å². The Balaban J connectivity index is 1.65. The number of oxime groups is 1. The van der Waals surface area contributed by atoms with Gasteiger partial charge in [-0.15, -0.1) is 0 Å². The van der Waals surface area contributed by atoms with Crippen molar-refractivity contribution in [2.75, 3.05) is 18.0 Å². The first-order valence-corrected chi connectivity index (χ1v) is 12.9. The summed E-state index contributed by atoms with van der Waals surface area (Å²) in [6, 6.07) is 10.4. The number of carbonyl (C=O) groups excluding carboxylic acids is 3. The van der Waals surface area contributed by atoms with Gasteiger partial charge in [-0.25, -0.2) is 9.78 Å². The van der Waals surface area contributed by atoms with Crippen LogP contribution in [-0.4, -0.2) is 63.7 Å². The number of carbonyl (C=O) groups is 3. The lowest BCUT2D eigenvalue weighted by atomic mass is 9.95. The molecule has 0 spiro atoms. The van der Waals surface area contributed by atoms with E-state index in [9.17, 15) is 14.4 Å². The molecular formula is C29H36N4O5. The smallest absolute Gasteiger partial charge is 0.410 e. The molecule has 2 aliphatic rings. The topological polar surface area (TPSA) is 101 Å². The molecule has 1 saturated heterocycles. The summed E-state index contributed by atoms with van der Waals surface area (Å²) in [6.07, 6.45) is 1.06. The molecule has 0 radical (unpaired) electrons. The number of ether oxygens (including phenoxy) is 1. The van der Waals surface area contributed by atoms with Crippen LogP contribution in [0.2, 0.25) is 0 Å². The maximum Gasteiger partial charge on any atom is 0.410 e. The first-order chi connectivity index (χ1) is 17.8. The predicted molar refractivity (Wildman–Crippen MR) is 144 cm³/mol. The molecule has 38 heavy (non-hydrogen) atoms. The summed E-state index contributed by atoms with van der Waals surface area (Å²) in [4.78, 5) is 52.9. The number of aromatic nitrogens is 1. The summed E-state index contributed by atoms with van der Waals surface area (Å²) < 4.78 is 5.60. The van der Waals surface area contributed by atoms with Crippen LogP contribution in [0, 0.1) is 13.8 Å². The molecular weight excluding hydrogens is 484 g/mol. The molecule has 1 aromatic carbocycles. The Morgan fingerprint density at radius 2 is 1.79 bits per heavy atom. The van der Waals surface area contributed by atoms with Gasteiger partial charge in [-0.3, -0.25) is 14.5 Å². The Morgan fingerprint density at radius 1 is 1.11 bits per heavy atom. The van der Waals surface area contributed by atoms with Crippen LogP contribution in [0.25, 0.3) is 0 Å². The minimum absolute atomic E-state index is 0.206. The molecule has 0 unspecified atom stereocenters. The highest BCUT2D eigenvalue weighted by Gasteiger charge is 2.40. The van der Waals surface area contributed by atoms with E-state index < -0.39 is 11.2 Å². The number of Topliss-reactive ketones (excluding diaryl/α,β-unsaturated/α-hetero) is 1. The predicted octanol–water partition coefficient (Wildman–Crippen LogP) is 4.83. The van der Waals surface area contributed by atoms with Gasteiger partial charge in [0.25, 0.3) is 5.91 Å². The second-order valence-corrected chi connectivity index (χ2v) is 11.4. The van der Waals surface area contributed by atoms with Crippen LogP contribution >= 0.6 is 0 Å². The third-order valence-corrected chi connectivity index (χ3v) is 6.60. The zero-order valence-electron chi connectivity index (χ0n) is 23.2. The number of hydrogen-bond acceptors (Lipinski definition) is 7. The van der Waals surface area contributed by atoms with E-state index in [0.717, 1.165) is 24.1 Å². The number of ketones is 1. The lowest BCUT2D eigenvalue weighted by Gasteiger charge is -2.39. The van der Waals surface area contributed by atoms with Crippen LogP contribution in [0.1, 0.15) is 74.6 Å². The van der Waals surface area contributed by atoms with Gasteiger partial charge in [0.15, 0.2) is 11.3 Å². The fourth-order valence-corrected chi connectivity index (χ4v) is 4.57. The van der Waals surface area contributed by atoms with Gasteiger partial charge in [0, 0.05) is 29.9 Å². The van der Waals surface area contributed by atoms with Crippen molar-refractivity contribution in [3.8, 4) is 0 Å². The number of rotatable bonds is 4. The Labute approximate surface area is 223 Å². The van der Waals surface area contributed by atoms with Crippen LogP contribution in [0.5, 0.6) is 0 Å². The Kier molecular flexibility index (Phi) is 7.32. The van der Waals surface area contributed by atoms with Gasteiger partial charge < -0.3 is 14.5 Å². The molecule has 1 atom stereocenters. The highest BCUT2D eigenvalue weighted by atomic mass is 16.7. The van der Waals surface area contributed by atoms with E-state index >= 15 is 0 Å². The number of nitrogens with zero attached hydrogens (tertiary/aromatic N) is 4. The quantitative estimate of drug-likeness (QED) is 0.573. The first-order valence-electron chi connectivity index (χ1n) is 12.9. The molecule has 0 bridgehead atoms. The van der Waals surface area contributed by atoms with Crippen molar-refractivity contribution in [2.45, 2.75) is 78.6 Å². The molecule has 9 heteroatoms. The number of benzene rings is 1. The van der Waals surface area contributed by atoms with Crippen molar-refractivity contribution in [3.05, 3.63) is 58.8 Å². The molecule has 0 saturated carbocycles. The minimum Gasteiger partial charge on any atom is -0.444 e. The lowest BCUT2D eigenvalue weighted by Crippen LogP contribution is -2.53. The van der Waals surface area contributed by atoms with Crippen molar-refractivity contribution >= 4 is 29.3 Å². The van der Waals surface area contributed by atoms with Crippen molar-refractivity contribution in [1.29, 1.82) is 0 Å². The van der Waals surface area contributed by atoms with Gasteiger partial charge in [0.1, 0.15) is 11.4 Å². The second-order valence-electron chi connectivity index (χ2n) is 11.4. The molecule has 1 fully saturated rings. The van der Waals surface area contributed by atoms with Crippen LogP contribution in [0.15, 0.2) is 41.6 Å².